The third-order valence-corrected chi connectivity index (χ3v) is 5.17. The fourth-order valence-corrected chi connectivity index (χ4v) is 3.54. The van der Waals surface area contributed by atoms with Crippen molar-refractivity contribution in [2.45, 2.75) is 26.1 Å². The first kappa shape index (κ1) is 23.2. The lowest BCUT2D eigenvalue weighted by Crippen LogP contribution is -2.38. The molecule has 0 saturated carbocycles. The highest BCUT2D eigenvalue weighted by Crippen LogP contribution is 2.29. The summed E-state index contributed by atoms with van der Waals surface area (Å²) in [6, 6.07) is 8.41. The number of aliphatic imine (C=N–C) groups is 1. The summed E-state index contributed by atoms with van der Waals surface area (Å²) >= 11 is 7.20. The van der Waals surface area contributed by atoms with Gasteiger partial charge in [0.05, 0.1) is 18.0 Å². The minimum atomic E-state index is -2.92. The molecule has 1 unspecified atom stereocenters. The highest BCUT2D eigenvalue weighted by molar-refractivity contribution is 7.16. The fourth-order valence-electron chi connectivity index (χ4n) is 2.51. The molecule has 3 N–H and O–H groups in total. The van der Waals surface area contributed by atoms with E-state index in [2.05, 4.69) is 20.4 Å². The van der Waals surface area contributed by atoms with E-state index < -0.39 is 12.7 Å². The SMILES string of the molecule is CCNC(=NCC(O)c1ccc(Cl)s1)NCCc1ccc(OC)c(OC(F)F)c1. The summed E-state index contributed by atoms with van der Waals surface area (Å²) in [5, 5.41) is 16.5. The highest BCUT2D eigenvalue weighted by Gasteiger charge is 2.12. The number of halogens is 3. The fraction of sp³-hybridized carbons (Fsp3) is 0.421. The van der Waals surface area contributed by atoms with Crippen LogP contribution in [0, 0.1) is 0 Å². The number of hydrogen-bond acceptors (Lipinski definition) is 5. The van der Waals surface area contributed by atoms with Gasteiger partial charge < -0.3 is 25.2 Å². The Morgan fingerprint density at radius 2 is 2.03 bits per heavy atom. The number of aliphatic hydroxyl groups excluding tert-OH is 1. The second kappa shape index (κ2) is 11.8. The summed E-state index contributed by atoms with van der Waals surface area (Å²) in [7, 11) is 1.40. The first-order valence-corrected chi connectivity index (χ1v) is 10.2. The number of alkyl halides is 2. The zero-order chi connectivity index (χ0) is 21.2. The lowest BCUT2D eigenvalue weighted by atomic mass is 10.1. The number of guanidine groups is 1. The Balaban J connectivity index is 1.93. The Hall–Kier alpha value is -2.10. The van der Waals surface area contributed by atoms with E-state index in [0.717, 1.165) is 10.4 Å². The van der Waals surface area contributed by atoms with E-state index in [9.17, 15) is 13.9 Å². The zero-order valence-electron chi connectivity index (χ0n) is 16.1. The van der Waals surface area contributed by atoms with Gasteiger partial charge in [0.25, 0.3) is 0 Å². The standard InChI is InChI=1S/C19H24ClF2N3O3S/c1-3-23-19(25-11-13(26)16-6-7-17(20)29-16)24-9-8-12-4-5-14(27-2)15(10-12)28-18(21)22/h4-7,10,13,18,26H,3,8-9,11H2,1-2H3,(H2,23,24,25). The van der Waals surface area contributed by atoms with Gasteiger partial charge >= 0.3 is 6.61 Å². The molecule has 0 aliphatic rings. The predicted octanol–water partition coefficient (Wildman–Crippen LogP) is 3.84. The molecule has 2 rings (SSSR count). The van der Waals surface area contributed by atoms with E-state index >= 15 is 0 Å². The summed E-state index contributed by atoms with van der Waals surface area (Å²) in [5.41, 5.74) is 0.804. The second-order valence-corrected chi connectivity index (χ2v) is 7.66. The molecule has 0 amide bonds. The first-order valence-electron chi connectivity index (χ1n) is 9.00. The lowest BCUT2D eigenvalue weighted by Gasteiger charge is -2.14. The molecule has 0 fully saturated rings. The second-order valence-electron chi connectivity index (χ2n) is 5.92. The monoisotopic (exact) mass is 447 g/mol. The van der Waals surface area contributed by atoms with Crippen LogP contribution in [0.2, 0.25) is 4.34 Å². The van der Waals surface area contributed by atoms with E-state index in [1.165, 1.54) is 24.5 Å². The van der Waals surface area contributed by atoms with Gasteiger partial charge in [-0.05, 0) is 43.2 Å². The van der Waals surface area contributed by atoms with Crippen molar-refractivity contribution in [1.29, 1.82) is 0 Å². The third-order valence-electron chi connectivity index (χ3n) is 3.84. The molecule has 0 bridgehead atoms. The van der Waals surface area contributed by atoms with Crippen LogP contribution >= 0.6 is 22.9 Å². The molecule has 0 aliphatic carbocycles. The third kappa shape index (κ3) is 7.68. The van der Waals surface area contributed by atoms with Gasteiger partial charge in [0.2, 0.25) is 0 Å². The molecule has 10 heteroatoms. The average Bonchev–Trinajstić information content (AvgIpc) is 3.12. The summed E-state index contributed by atoms with van der Waals surface area (Å²) in [4.78, 5) is 5.13. The number of rotatable bonds is 10. The molecule has 0 saturated heterocycles. The van der Waals surface area contributed by atoms with Gasteiger partial charge in [0, 0.05) is 18.0 Å². The Morgan fingerprint density at radius 1 is 1.24 bits per heavy atom. The minimum absolute atomic E-state index is 0.00157. The lowest BCUT2D eigenvalue weighted by molar-refractivity contribution is -0.0512. The molecular weight excluding hydrogens is 424 g/mol. The van der Waals surface area contributed by atoms with Crippen LogP contribution in [-0.4, -0.2) is 44.4 Å². The molecule has 29 heavy (non-hydrogen) atoms. The number of nitrogens with one attached hydrogen (secondary N) is 2. The Morgan fingerprint density at radius 3 is 2.66 bits per heavy atom. The van der Waals surface area contributed by atoms with Gasteiger partial charge in [-0.2, -0.15) is 8.78 Å². The number of nitrogens with zero attached hydrogens (tertiary/aromatic N) is 1. The number of aliphatic hydroxyl groups is 1. The van der Waals surface area contributed by atoms with E-state index in [1.54, 1.807) is 24.3 Å². The van der Waals surface area contributed by atoms with Crippen molar-refractivity contribution in [3.63, 3.8) is 0 Å². The number of benzene rings is 1. The Labute approximate surface area is 177 Å². The average molecular weight is 448 g/mol. The van der Waals surface area contributed by atoms with Crippen molar-refractivity contribution in [1.82, 2.24) is 10.6 Å². The van der Waals surface area contributed by atoms with Crippen LogP contribution in [0.15, 0.2) is 35.3 Å². The smallest absolute Gasteiger partial charge is 0.387 e. The maximum absolute atomic E-state index is 12.5. The van der Waals surface area contributed by atoms with Crippen molar-refractivity contribution < 1.29 is 23.4 Å². The van der Waals surface area contributed by atoms with Gasteiger partial charge in [0.1, 0.15) is 6.10 Å². The van der Waals surface area contributed by atoms with Crippen molar-refractivity contribution >= 4 is 28.9 Å². The molecule has 1 atom stereocenters. The number of thiophene rings is 1. The molecule has 1 aromatic heterocycles. The predicted molar refractivity (Wildman–Crippen MR) is 112 cm³/mol. The van der Waals surface area contributed by atoms with Crippen LogP contribution in [-0.2, 0) is 6.42 Å². The van der Waals surface area contributed by atoms with Crippen molar-refractivity contribution in [3.8, 4) is 11.5 Å². The Kier molecular flexibility index (Phi) is 9.43. The maximum Gasteiger partial charge on any atom is 0.387 e. The normalized spacial score (nSPS) is 12.7. The van der Waals surface area contributed by atoms with E-state index in [1.807, 2.05) is 6.92 Å². The first-order chi connectivity index (χ1) is 13.9. The van der Waals surface area contributed by atoms with Gasteiger partial charge in [0.15, 0.2) is 17.5 Å². The van der Waals surface area contributed by atoms with Gasteiger partial charge in [-0.25, -0.2) is 0 Å². The van der Waals surface area contributed by atoms with Crippen LogP contribution in [0.25, 0.3) is 0 Å². The molecule has 6 nitrogen and oxygen atoms in total. The van der Waals surface area contributed by atoms with Crippen LogP contribution in [0.1, 0.15) is 23.5 Å². The van der Waals surface area contributed by atoms with Crippen LogP contribution in [0.5, 0.6) is 11.5 Å². The molecule has 160 valence electrons. The number of ether oxygens (including phenoxy) is 2. The minimum Gasteiger partial charge on any atom is -0.493 e. The van der Waals surface area contributed by atoms with Crippen molar-refractivity contribution in [3.05, 3.63) is 45.1 Å². The van der Waals surface area contributed by atoms with Crippen molar-refractivity contribution in [2.75, 3.05) is 26.7 Å². The van der Waals surface area contributed by atoms with E-state index in [-0.39, 0.29) is 18.0 Å². The molecule has 0 aliphatic heterocycles. The van der Waals surface area contributed by atoms with Crippen molar-refractivity contribution in [2.24, 2.45) is 4.99 Å². The quantitative estimate of drug-likeness (QED) is 0.381. The maximum atomic E-state index is 12.5. The van der Waals surface area contributed by atoms with E-state index in [4.69, 9.17) is 16.3 Å². The van der Waals surface area contributed by atoms with Gasteiger partial charge in [-0.3, -0.25) is 4.99 Å². The van der Waals surface area contributed by atoms with Crippen LogP contribution in [0.4, 0.5) is 8.78 Å². The summed E-state index contributed by atoms with van der Waals surface area (Å²) < 4.78 is 35.2. The van der Waals surface area contributed by atoms with Crippen LogP contribution in [0.3, 0.4) is 0 Å². The number of methoxy groups -OCH3 is 1. The zero-order valence-corrected chi connectivity index (χ0v) is 17.7. The Bertz CT molecular complexity index is 805. The topological polar surface area (TPSA) is 75.1 Å². The molecule has 0 radical (unpaired) electrons. The van der Waals surface area contributed by atoms with Crippen LogP contribution < -0.4 is 20.1 Å². The number of hydrogen-bond donors (Lipinski definition) is 3. The molecule has 2 aromatic rings. The molecular formula is C19H24ClF2N3O3S. The summed E-state index contributed by atoms with van der Waals surface area (Å²) in [6.07, 6.45) is -0.185. The summed E-state index contributed by atoms with van der Waals surface area (Å²) in [6.45, 7) is 0.356. The van der Waals surface area contributed by atoms with Gasteiger partial charge in [-0.15, -0.1) is 11.3 Å². The molecule has 0 spiro atoms. The van der Waals surface area contributed by atoms with E-state index in [0.29, 0.717) is 29.8 Å². The van der Waals surface area contributed by atoms with Gasteiger partial charge in [-0.1, -0.05) is 17.7 Å². The molecule has 1 aromatic carbocycles. The highest BCUT2D eigenvalue weighted by atomic mass is 35.5. The largest absolute Gasteiger partial charge is 0.493 e. The summed E-state index contributed by atoms with van der Waals surface area (Å²) in [5.74, 6) is 0.796. The molecule has 1 heterocycles.